The van der Waals surface area contributed by atoms with E-state index >= 15 is 0 Å². The third-order valence-electron chi connectivity index (χ3n) is 3.17. The first-order valence-electron chi connectivity index (χ1n) is 7.20. The van der Waals surface area contributed by atoms with Crippen LogP contribution in [0.25, 0.3) is 0 Å². The number of benzene rings is 1. The Kier molecular flexibility index (Phi) is 5.91. The van der Waals surface area contributed by atoms with E-state index < -0.39 is 0 Å². The number of aryl methyl sites for hydroxylation is 1. The summed E-state index contributed by atoms with van der Waals surface area (Å²) in [4.78, 5) is 16.1. The van der Waals surface area contributed by atoms with Gasteiger partial charge < -0.3 is 15.4 Å². The fraction of sp³-hybridized carbons (Fsp3) is 0.294. The van der Waals surface area contributed by atoms with Gasteiger partial charge in [0.25, 0.3) is 5.91 Å². The van der Waals surface area contributed by atoms with Crippen molar-refractivity contribution in [2.45, 2.75) is 13.5 Å². The molecule has 5 nitrogen and oxygen atoms in total. The molecule has 1 aromatic heterocycles. The summed E-state index contributed by atoms with van der Waals surface area (Å²) >= 11 is 0. The molecule has 1 amide bonds. The maximum atomic E-state index is 12.0. The SMILES string of the molecule is COCCNC(=O)c1cncc(NCc2cccc(C)c2)c1. The van der Waals surface area contributed by atoms with E-state index in [0.29, 0.717) is 25.3 Å². The fourth-order valence-corrected chi connectivity index (χ4v) is 2.06. The number of hydrogen-bond donors (Lipinski definition) is 2. The van der Waals surface area contributed by atoms with E-state index in [1.54, 1.807) is 25.6 Å². The van der Waals surface area contributed by atoms with Gasteiger partial charge in [0.05, 0.1) is 17.9 Å². The van der Waals surface area contributed by atoms with Gasteiger partial charge in [0.15, 0.2) is 0 Å². The molecule has 0 radical (unpaired) electrons. The minimum absolute atomic E-state index is 0.149. The molecule has 0 spiro atoms. The highest BCUT2D eigenvalue weighted by Crippen LogP contribution is 2.11. The largest absolute Gasteiger partial charge is 0.383 e. The van der Waals surface area contributed by atoms with Gasteiger partial charge in [-0.1, -0.05) is 29.8 Å². The Hall–Kier alpha value is -2.40. The number of aromatic nitrogens is 1. The average molecular weight is 299 g/mol. The molecule has 0 unspecified atom stereocenters. The van der Waals surface area contributed by atoms with E-state index in [4.69, 9.17) is 4.74 Å². The number of amides is 1. The molecule has 5 heteroatoms. The predicted octanol–water partition coefficient (Wildman–Crippen LogP) is 2.38. The number of nitrogens with zero attached hydrogens (tertiary/aromatic N) is 1. The highest BCUT2D eigenvalue weighted by Gasteiger charge is 2.06. The summed E-state index contributed by atoms with van der Waals surface area (Å²) in [5.41, 5.74) is 3.77. The lowest BCUT2D eigenvalue weighted by Crippen LogP contribution is -2.27. The second-order valence-electron chi connectivity index (χ2n) is 5.05. The summed E-state index contributed by atoms with van der Waals surface area (Å²) < 4.78 is 4.91. The topological polar surface area (TPSA) is 63.2 Å². The average Bonchev–Trinajstić information content (AvgIpc) is 2.53. The molecule has 0 fully saturated rings. The molecule has 0 saturated carbocycles. The van der Waals surface area contributed by atoms with Crippen molar-refractivity contribution in [3.8, 4) is 0 Å². The smallest absolute Gasteiger partial charge is 0.253 e. The number of rotatable bonds is 7. The highest BCUT2D eigenvalue weighted by molar-refractivity contribution is 5.94. The van der Waals surface area contributed by atoms with Gasteiger partial charge in [-0.2, -0.15) is 0 Å². The van der Waals surface area contributed by atoms with Crippen LogP contribution in [0.15, 0.2) is 42.7 Å². The molecule has 0 aliphatic heterocycles. The Labute approximate surface area is 130 Å². The van der Waals surface area contributed by atoms with Crippen molar-refractivity contribution in [2.75, 3.05) is 25.6 Å². The van der Waals surface area contributed by atoms with Gasteiger partial charge in [0.2, 0.25) is 0 Å². The Morgan fingerprint density at radius 1 is 1.27 bits per heavy atom. The van der Waals surface area contributed by atoms with Gasteiger partial charge in [-0.3, -0.25) is 9.78 Å². The molecule has 2 aromatic rings. The van der Waals surface area contributed by atoms with Crippen LogP contribution in [0.1, 0.15) is 21.5 Å². The molecule has 2 N–H and O–H groups in total. The summed E-state index contributed by atoms with van der Waals surface area (Å²) in [6.45, 7) is 3.73. The number of ether oxygens (including phenoxy) is 1. The lowest BCUT2D eigenvalue weighted by molar-refractivity contribution is 0.0937. The molecule has 116 valence electrons. The number of carbonyl (C=O) groups excluding carboxylic acids is 1. The van der Waals surface area contributed by atoms with Crippen LogP contribution in [0, 0.1) is 6.92 Å². The fourth-order valence-electron chi connectivity index (χ4n) is 2.06. The lowest BCUT2D eigenvalue weighted by atomic mass is 10.1. The third-order valence-corrected chi connectivity index (χ3v) is 3.17. The van der Waals surface area contributed by atoms with Gasteiger partial charge in [-0.05, 0) is 18.6 Å². The molecule has 1 aromatic carbocycles. The lowest BCUT2D eigenvalue weighted by Gasteiger charge is -2.09. The van der Waals surface area contributed by atoms with Crippen molar-refractivity contribution in [2.24, 2.45) is 0 Å². The minimum atomic E-state index is -0.149. The van der Waals surface area contributed by atoms with Gasteiger partial charge in [-0.25, -0.2) is 0 Å². The quantitative estimate of drug-likeness (QED) is 0.771. The number of anilines is 1. The molecule has 0 saturated heterocycles. The zero-order valence-electron chi connectivity index (χ0n) is 12.9. The zero-order chi connectivity index (χ0) is 15.8. The van der Waals surface area contributed by atoms with Crippen molar-refractivity contribution < 1.29 is 9.53 Å². The van der Waals surface area contributed by atoms with E-state index in [9.17, 15) is 4.79 Å². The number of carbonyl (C=O) groups is 1. The van der Waals surface area contributed by atoms with Crippen molar-refractivity contribution in [3.63, 3.8) is 0 Å². The maximum Gasteiger partial charge on any atom is 0.253 e. The monoisotopic (exact) mass is 299 g/mol. The summed E-state index contributed by atoms with van der Waals surface area (Å²) in [5, 5.41) is 6.06. The van der Waals surface area contributed by atoms with E-state index in [2.05, 4.69) is 40.7 Å². The molecule has 2 rings (SSSR count). The standard InChI is InChI=1S/C17H21N3O2/c1-13-4-3-5-14(8-13)10-20-16-9-15(11-18-12-16)17(21)19-6-7-22-2/h3-5,8-9,11-12,20H,6-7,10H2,1-2H3,(H,19,21). The van der Waals surface area contributed by atoms with Crippen LogP contribution in [-0.2, 0) is 11.3 Å². The van der Waals surface area contributed by atoms with Crippen LogP contribution in [0.4, 0.5) is 5.69 Å². The summed E-state index contributed by atoms with van der Waals surface area (Å²) in [6, 6.07) is 10.1. The van der Waals surface area contributed by atoms with Crippen molar-refractivity contribution in [3.05, 3.63) is 59.4 Å². The second-order valence-corrected chi connectivity index (χ2v) is 5.05. The molecule has 0 bridgehead atoms. The van der Waals surface area contributed by atoms with Crippen molar-refractivity contribution >= 4 is 11.6 Å². The first-order chi connectivity index (χ1) is 10.7. The summed E-state index contributed by atoms with van der Waals surface area (Å²) in [6.07, 6.45) is 3.27. The summed E-state index contributed by atoms with van der Waals surface area (Å²) in [5.74, 6) is -0.149. The van der Waals surface area contributed by atoms with Crippen LogP contribution in [0.5, 0.6) is 0 Å². The number of methoxy groups -OCH3 is 1. The highest BCUT2D eigenvalue weighted by atomic mass is 16.5. The molecule has 0 atom stereocenters. The molecule has 0 aliphatic carbocycles. The molecule has 1 heterocycles. The van der Waals surface area contributed by atoms with E-state index in [1.807, 2.05) is 6.07 Å². The van der Waals surface area contributed by atoms with Crippen LogP contribution in [-0.4, -0.2) is 31.2 Å². The number of pyridine rings is 1. The van der Waals surface area contributed by atoms with Crippen LogP contribution in [0.2, 0.25) is 0 Å². The third kappa shape index (κ3) is 4.86. The Morgan fingerprint density at radius 3 is 2.91 bits per heavy atom. The Morgan fingerprint density at radius 2 is 2.14 bits per heavy atom. The van der Waals surface area contributed by atoms with Gasteiger partial charge >= 0.3 is 0 Å². The molecular weight excluding hydrogens is 278 g/mol. The zero-order valence-corrected chi connectivity index (χ0v) is 12.9. The number of hydrogen-bond acceptors (Lipinski definition) is 4. The van der Waals surface area contributed by atoms with Crippen LogP contribution in [0.3, 0.4) is 0 Å². The Balaban J connectivity index is 1.95. The van der Waals surface area contributed by atoms with Gasteiger partial charge in [0.1, 0.15) is 0 Å². The normalized spacial score (nSPS) is 10.3. The van der Waals surface area contributed by atoms with Crippen LogP contribution >= 0.6 is 0 Å². The van der Waals surface area contributed by atoms with Gasteiger partial charge in [-0.15, -0.1) is 0 Å². The van der Waals surface area contributed by atoms with Gasteiger partial charge in [0, 0.05) is 32.6 Å². The molecule has 22 heavy (non-hydrogen) atoms. The minimum Gasteiger partial charge on any atom is -0.383 e. The predicted molar refractivity (Wildman–Crippen MR) is 87.0 cm³/mol. The molecule has 0 aliphatic rings. The van der Waals surface area contributed by atoms with Crippen LogP contribution < -0.4 is 10.6 Å². The summed E-state index contributed by atoms with van der Waals surface area (Å²) in [7, 11) is 1.60. The second kappa shape index (κ2) is 8.14. The van der Waals surface area contributed by atoms with E-state index in [1.165, 1.54) is 11.1 Å². The first kappa shape index (κ1) is 16.0. The molecular formula is C17H21N3O2. The first-order valence-corrected chi connectivity index (χ1v) is 7.20. The van der Waals surface area contributed by atoms with E-state index in [0.717, 1.165) is 5.69 Å². The maximum absolute atomic E-state index is 12.0. The van der Waals surface area contributed by atoms with Crippen molar-refractivity contribution in [1.82, 2.24) is 10.3 Å². The van der Waals surface area contributed by atoms with Crippen molar-refractivity contribution in [1.29, 1.82) is 0 Å². The Bertz CT molecular complexity index is 629. The number of nitrogens with one attached hydrogen (secondary N) is 2. The van der Waals surface area contributed by atoms with E-state index in [-0.39, 0.29) is 5.91 Å².